The number of hydrogen-bond donors (Lipinski definition) is 0. The number of amides is 1. The van der Waals surface area contributed by atoms with E-state index in [1.165, 1.54) is 5.56 Å². The predicted octanol–water partition coefficient (Wildman–Crippen LogP) is 3.84. The summed E-state index contributed by atoms with van der Waals surface area (Å²) in [5.74, 6) is 1.11. The quantitative estimate of drug-likeness (QED) is 0.814. The molecule has 3 rings (SSSR count). The smallest absolute Gasteiger partial charge is 0.220 e. The summed E-state index contributed by atoms with van der Waals surface area (Å²) in [6, 6.07) is 6.32. The van der Waals surface area contributed by atoms with Crippen LogP contribution in [-0.2, 0) is 11.8 Å². The molecule has 2 heterocycles. The lowest BCUT2D eigenvalue weighted by atomic mass is 10.1. The molecule has 0 radical (unpaired) electrons. The van der Waals surface area contributed by atoms with Crippen LogP contribution in [0.2, 0.25) is 0 Å². The predicted molar refractivity (Wildman–Crippen MR) is 90.4 cm³/mol. The van der Waals surface area contributed by atoms with Crippen LogP contribution in [0.4, 0.5) is 0 Å². The van der Waals surface area contributed by atoms with E-state index < -0.39 is 0 Å². The van der Waals surface area contributed by atoms with Gasteiger partial charge in [-0.2, -0.15) is 0 Å². The lowest BCUT2D eigenvalue weighted by Crippen LogP contribution is -2.29. The van der Waals surface area contributed by atoms with E-state index in [0.717, 1.165) is 40.9 Å². The van der Waals surface area contributed by atoms with E-state index in [1.54, 1.807) is 6.92 Å². The first-order chi connectivity index (χ1) is 10.5. The fraction of sp³-hybridized carbons (Fsp3) is 0.412. The second kappa shape index (κ2) is 5.88. The second-order valence-electron chi connectivity index (χ2n) is 5.92. The van der Waals surface area contributed by atoms with Crippen LogP contribution in [0.25, 0.3) is 11.3 Å². The third kappa shape index (κ3) is 2.70. The van der Waals surface area contributed by atoms with E-state index >= 15 is 0 Å². The van der Waals surface area contributed by atoms with Crippen molar-refractivity contribution in [3.05, 3.63) is 40.3 Å². The molecule has 1 saturated heterocycles. The Morgan fingerprint density at radius 2 is 2.18 bits per heavy atom. The fourth-order valence-corrected chi connectivity index (χ4v) is 3.72. The summed E-state index contributed by atoms with van der Waals surface area (Å²) in [4.78, 5) is 18.6. The maximum Gasteiger partial charge on any atom is 0.220 e. The Bertz CT molecular complexity index is 723. The Balaban J connectivity index is 1.99. The van der Waals surface area contributed by atoms with Gasteiger partial charge in [-0.25, -0.2) is 4.98 Å². The zero-order valence-corrected chi connectivity index (χ0v) is 14.7. The molecule has 1 fully saturated rings. The molecule has 0 bridgehead atoms. The highest BCUT2D eigenvalue weighted by molar-refractivity contribution is 9.10. The first kappa shape index (κ1) is 15.3. The van der Waals surface area contributed by atoms with E-state index in [0.29, 0.717) is 0 Å². The number of nitrogens with zero attached hydrogens (tertiary/aromatic N) is 3. The molecule has 1 aromatic heterocycles. The van der Waals surface area contributed by atoms with Crippen LogP contribution in [0, 0.1) is 6.92 Å². The number of aryl methyl sites for hydroxylation is 2. The van der Waals surface area contributed by atoms with Gasteiger partial charge in [0.05, 0.1) is 11.7 Å². The summed E-state index contributed by atoms with van der Waals surface area (Å²) in [6.45, 7) is 4.56. The summed E-state index contributed by atoms with van der Waals surface area (Å²) in [5.41, 5.74) is 3.30. The molecule has 0 saturated carbocycles. The molecular formula is C17H20BrN3O. The van der Waals surface area contributed by atoms with Gasteiger partial charge < -0.3 is 9.47 Å². The molecule has 0 N–H and O–H groups in total. The second-order valence-corrected chi connectivity index (χ2v) is 6.84. The van der Waals surface area contributed by atoms with Crippen molar-refractivity contribution < 1.29 is 4.79 Å². The van der Waals surface area contributed by atoms with E-state index in [4.69, 9.17) is 4.98 Å². The number of imidazole rings is 1. The highest BCUT2D eigenvalue weighted by Gasteiger charge is 2.31. The number of likely N-dealkylation sites (tertiary alicyclic amines) is 1. The van der Waals surface area contributed by atoms with Crippen LogP contribution in [0.3, 0.4) is 0 Å². The first-order valence-corrected chi connectivity index (χ1v) is 8.33. The number of hydrogen-bond acceptors (Lipinski definition) is 2. The van der Waals surface area contributed by atoms with Crippen molar-refractivity contribution in [1.82, 2.24) is 14.5 Å². The van der Waals surface area contributed by atoms with Gasteiger partial charge in [0.1, 0.15) is 5.82 Å². The Morgan fingerprint density at radius 3 is 2.86 bits per heavy atom. The van der Waals surface area contributed by atoms with E-state index in [-0.39, 0.29) is 11.9 Å². The minimum absolute atomic E-state index is 0.104. The number of rotatable bonds is 2. The van der Waals surface area contributed by atoms with Gasteiger partial charge in [-0.05, 0) is 37.5 Å². The maximum atomic E-state index is 11.8. The fourth-order valence-electron chi connectivity index (χ4n) is 3.25. The number of aromatic nitrogens is 2. The van der Waals surface area contributed by atoms with Crippen LogP contribution >= 0.6 is 15.9 Å². The zero-order chi connectivity index (χ0) is 15.9. The van der Waals surface area contributed by atoms with Crippen LogP contribution in [0.15, 0.2) is 28.9 Å². The van der Waals surface area contributed by atoms with E-state index in [1.807, 2.05) is 18.0 Å². The molecule has 2 aromatic rings. The van der Waals surface area contributed by atoms with Crippen molar-refractivity contribution in [2.45, 2.75) is 32.7 Å². The molecule has 1 aliphatic heterocycles. The average molecular weight is 362 g/mol. The summed E-state index contributed by atoms with van der Waals surface area (Å²) >= 11 is 3.50. The van der Waals surface area contributed by atoms with Gasteiger partial charge in [0.15, 0.2) is 0 Å². The molecule has 22 heavy (non-hydrogen) atoms. The molecule has 1 amide bonds. The molecule has 1 aromatic carbocycles. The topological polar surface area (TPSA) is 38.1 Å². The third-order valence-corrected chi connectivity index (χ3v) is 4.83. The average Bonchev–Trinajstić information content (AvgIpc) is 3.04. The Labute approximate surface area is 139 Å². The first-order valence-electron chi connectivity index (χ1n) is 7.54. The Hall–Kier alpha value is -1.62. The molecule has 0 aliphatic carbocycles. The van der Waals surface area contributed by atoms with Crippen molar-refractivity contribution in [1.29, 1.82) is 0 Å². The summed E-state index contributed by atoms with van der Waals surface area (Å²) in [5, 5.41) is 0. The SMILES string of the molecule is CC(=O)N1CCCC1c1nc(-c2ccc(Br)cc2C)cn1C. The zero-order valence-electron chi connectivity index (χ0n) is 13.1. The molecule has 1 unspecified atom stereocenters. The van der Waals surface area contributed by atoms with E-state index in [9.17, 15) is 4.79 Å². The Kier molecular flexibility index (Phi) is 4.08. The van der Waals surface area contributed by atoms with Crippen LogP contribution < -0.4 is 0 Å². The summed E-state index contributed by atoms with van der Waals surface area (Å²) in [6.07, 6.45) is 4.09. The van der Waals surface area contributed by atoms with Crippen molar-refractivity contribution in [2.75, 3.05) is 6.54 Å². The van der Waals surface area contributed by atoms with Gasteiger partial charge >= 0.3 is 0 Å². The molecule has 1 aliphatic rings. The lowest BCUT2D eigenvalue weighted by Gasteiger charge is -2.22. The summed E-state index contributed by atoms with van der Waals surface area (Å²) in [7, 11) is 2.01. The standard InChI is InChI=1S/C17H20BrN3O/c1-11-9-13(18)6-7-14(11)15-10-20(3)17(19-15)16-5-4-8-21(16)12(2)22/h6-7,9-10,16H,4-5,8H2,1-3H3. The molecule has 4 nitrogen and oxygen atoms in total. The summed E-state index contributed by atoms with van der Waals surface area (Å²) < 4.78 is 3.13. The van der Waals surface area contributed by atoms with Crippen molar-refractivity contribution >= 4 is 21.8 Å². The van der Waals surface area contributed by atoms with Gasteiger partial charge in [-0.3, -0.25) is 4.79 Å². The van der Waals surface area contributed by atoms with Gasteiger partial charge in [-0.15, -0.1) is 0 Å². The minimum Gasteiger partial charge on any atom is -0.336 e. The highest BCUT2D eigenvalue weighted by atomic mass is 79.9. The number of carbonyl (C=O) groups excluding carboxylic acids is 1. The maximum absolute atomic E-state index is 11.8. The highest BCUT2D eigenvalue weighted by Crippen LogP contribution is 2.33. The van der Waals surface area contributed by atoms with Gasteiger partial charge in [0.25, 0.3) is 0 Å². The lowest BCUT2D eigenvalue weighted by molar-refractivity contribution is -0.129. The largest absolute Gasteiger partial charge is 0.336 e. The molecule has 116 valence electrons. The minimum atomic E-state index is 0.104. The third-order valence-electron chi connectivity index (χ3n) is 4.33. The molecule has 0 spiro atoms. The van der Waals surface area contributed by atoms with Gasteiger partial charge in [0, 0.05) is 36.7 Å². The van der Waals surface area contributed by atoms with Crippen molar-refractivity contribution in [2.24, 2.45) is 7.05 Å². The Morgan fingerprint density at radius 1 is 1.41 bits per heavy atom. The van der Waals surface area contributed by atoms with Crippen molar-refractivity contribution in [3.8, 4) is 11.3 Å². The van der Waals surface area contributed by atoms with E-state index in [2.05, 4.69) is 45.8 Å². The van der Waals surface area contributed by atoms with Gasteiger partial charge in [-0.1, -0.05) is 22.0 Å². The van der Waals surface area contributed by atoms with Crippen LogP contribution in [0.5, 0.6) is 0 Å². The molecular weight excluding hydrogens is 342 g/mol. The van der Waals surface area contributed by atoms with Crippen molar-refractivity contribution in [3.63, 3.8) is 0 Å². The molecule has 1 atom stereocenters. The number of benzene rings is 1. The van der Waals surface area contributed by atoms with Crippen LogP contribution in [0.1, 0.15) is 37.2 Å². The van der Waals surface area contributed by atoms with Crippen LogP contribution in [-0.4, -0.2) is 26.9 Å². The number of halogens is 1. The monoisotopic (exact) mass is 361 g/mol. The number of carbonyl (C=O) groups is 1. The molecule has 5 heteroatoms. The van der Waals surface area contributed by atoms with Gasteiger partial charge in [0.2, 0.25) is 5.91 Å². The normalized spacial score (nSPS) is 18.0.